The number of amides is 1. The van der Waals surface area contributed by atoms with E-state index in [2.05, 4.69) is 39.1 Å². The third kappa shape index (κ3) is 3.99. The van der Waals surface area contributed by atoms with Gasteiger partial charge in [-0.2, -0.15) is 16.4 Å². The monoisotopic (exact) mass is 374 g/mol. The van der Waals surface area contributed by atoms with Crippen molar-refractivity contribution in [1.82, 2.24) is 20.1 Å². The quantitative estimate of drug-likeness (QED) is 0.710. The van der Waals surface area contributed by atoms with Gasteiger partial charge in [0.15, 0.2) is 0 Å². The lowest BCUT2D eigenvalue weighted by Crippen LogP contribution is -2.35. The summed E-state index contributed by atoms with van der Waals surface area (Å²) in [5, 5.41) is 12.6. The Hall–Kier alpha value is -1.99. The van der Waals surface area contributed by atoms with E-state index in [0.717, 1.165) is 22.8 Å². The van der Waals surface area contributed by atoms with Crippen LogP contribution in [0, 0.1) is 20.8 Å². The van der Waals surface area contributed by atoms with Gasteiger partial charge < -0.3 is 5.32 Å². The number of nitrogens with one attached hydrogen (secondary N) is 1. The van der Waals surface area contributed by atoms with Gasteiger partial charge in [0, 0.05) is 23.2 Å². The number of hydrogen-bond donors (Lipinski definition) is 1. The minimum absolute atomic E-state index is 0.0439. The van der Waals surface area contributed by atoms with Gasteiger partial charge in [-0.05, 0) is 56.2 Å². The Kier molecular flexibility index (Phi) is 5.34. The summed E-state index contributed by atoms with van der Waals surface area (Å²) >= 11 is 3.32. The second-order valence-electron chi connectivity index (χ2n) is 6.18. The second-order valence-corrected chi connectivity index (χ2v) is 8.20. The molecule has 0 spiro atoms. The van der Waals surface area contributed by atoms with Crippen LogP contribution in [0.15, 0.2) is 29.1 Å². The molecule has 0 unspecified atom stereocenters. The first-order chi connectivity index (χ1) is 12.0. The van der Waals surface area contributed by atoms with Crippen LogP contribution < -0.4 is 5.32 Å². The van der Waals surface area contributed by atoms with Crippen molar-refractivity contribution in [2.75, 3.05) is 0 Å². The van der Waals surface area contributed by atoms with Crippen molar-refractivity contribution < 1.29 is 4.79 Å². The number of rotatable bonds is 6. The van der Waals surface area contributed by atoms with Crippen molar-refractivity contribution >= 4 is 28.6 Å². The molecule has 3 rings (SSSR count). The van der Waals surface area contributed by atoms with E-state index in [9.17, 15) is 4.79 Å². The van der Waals surface area contributed by atoms with Crippen LogP contribution in [0.1, 0.15) is 45.8 Å². The summed E-state index contributed by atoms with van der Waals surface area (Å²) in [5.74, 6) is -0.0439. The first-order valence-corrected chi connectivity index (χ1v) is 9.97. The Balaban J connectivity index is 1.81. The Labute approximate surface area is 155 Å². The van der Waals surface area contributed by atoms with Crippen LogP contribution in [0.2, 0.25) is 0 Å². The standard InChI is InChI=1S/C18H22N4OS2/c1-11-5-7-19-22(11)13(3)17(23)21-16(9-15-6-8-24-10-15)18-20-12(2)14(4)25-18/h5-8,10,13,16H,9H2,1-4H3,(H,21,23)/t13-,16-/m1/s1. The van der Waals surface area contributed by atoms with Crippen LogP contribution in [-0.2, 0) is 11.2 Å². The lowest BCUT2D eigenvalue weighted by atomic mass is 10.1. The van der Waals surface area contributed by atoms with E-state index in [1.54, 1.807) is 33.6 Å². The highest BCUT2D eigenvalue weighted by molar-refractivity contribution is 7.11. The first-order valence-electron chi connectivity index (χ1n) is 8.21. The van der Waals surface area contributed by atoms with Crippen molar-refractivity contribution in [3.63, 3.8) is 0 Å². The minimum atomic E-state index is -0.359. The molecule has 25 heavy (non-hydrogen) atoms. The van der Waals surface area contributed by atoms with Gasteiger partial charge in [-0.3, -0.25) is 9.48 Å². The SMILES string of the molecule is Cc1nc([C@@H](Cc2ccsc2)NC(=O)[C@@H](C)n2nccc2C)sc1C. The summed E-state index contributed by atoms with van der Waals surface area (Å²) < 4.78 is 1.75. The predicted molar refractivity (Wildman–Crippen MR) is 102 cm³/mol. The fraction of sp³-hybridized carbons (Fsp3) is 0.389. The molecule has 0 aliphatic rings. The largest absolute Gasteiger partial charge is 0.345 e. The Morgan fingerprint density at radius 2 is 2.12 bits per heavy atom. The molecule has 0 aliphatic carbocycles. The zero-order valence-electron chi connectivity index (χ0n) is 14.8. The van der Waals surface area contributed by atoms with Gasteiger partial charge >= 0.3 is 0 Å². The number of thiazole rings is 1. The van der Waals surface area contributed by atoms with Crippen LogP contribution in [-0.4, -0.2) is 20.7 Å². The molecule has 1 amide bonds. The molecule has 0 bridgehead atoms. The third-order valence-corrected chi connectivity index (χ3v) is 6.21. The highest BCUT2D eigenvalue weighted by atomic mass is 32.1. The van der Waals surface area contributed by atoms with E-state index in [1.807, 2.05) is 26.8 Å². The van der Waals surface area contributed by atoms with E-state index >= 15 is 0 Å². The fourth-order valence-electron chi connectivity index (χ4n) is 2.68. The Bertz CT molecular complexity index is 831. The maximum Gasteiger partial charge on any atom is 0.245 e. The highest BCUT2D eigenvalue weighted by Gasteiger charge is 2.24. The molecular weight excluding hydrogens is 352 g/mol. The smallest absolute Gasteiger partial charge is 0.245 e. The number of carbonyl (C=O) groups is 1. The number of hydrogen-bond acceptors (Lipinski definition) is 5. The lowest BCUT2D eigenvalue weighted by molar-refractivity contribution is -0.125. The maximum atomic E-state index is 12.8. The maximum absolute atomic E-state index is 12.8. The van der Waals surface area contributed by atoms with Gasteiger partial charge in [-0.25, -0.2) is 4.98 Å². The van der Waals surface area contributed by atoms with Crippen LogP contribution in [0.4, 0.5) is 0 Å². The normalized spacial score (nSPS) is 13.6. The summed E-state index contributed by atoms with van der Waals surface area (Å²) in [6.45, 7) is 7.90. The summed E-state index contributed by atoms with van der Waals surface area (Å²) in [5.41, 5.74) is 3.21. The predicted octanol–water partition coefficient (Wildman–Crippen LogP) is 3.99. The van der Waals surface area contributed by atoms with Crippen LogP contribution in [0.3, 0.4) is 0 Å². The molecule has 0 saturated heterocycles. The molecule has 0 radical (unpaired) electrons. The van der Waals surface area contributed by atoms with Crippen molar-refractivity contribution in [2.24, 2.45) is 0 Å². The molecule has 3 aromatic rings. The van der Waals surface area contributed by atoms with E-state index in [1.165, 1.54) is 10.4 Å². The Morgan fingerprint density at radius 3 is 2.68 bits per heavy atom. The van der Waals surface area contributed by atoms with Crippen molar-refractivity contribution in [3.8, 4) is 0 Å². The number of carbonyl (C=O) groups excluding carboxylic acids is 1. The zero-order chi connectivity index (χ0) is 18.0. The van der Waals surface area contributed by atoms with Crippen molar-refractivity contribution in [1.29, 1.82) is 0 Å². The number of nitrogens with zero attached hydrogens (tertiary/aromatic N) is 3. The molecule has 0 aliphatic heterocycles. The highest BCUT2D eigenvalue weighted by Crippen LogP contribution is 2.27. The average molecular weight is 375 g/mol. The van der Waals surface area contributed by atoms with Gasteiger partial charge in [0.2, 0.25) is 5.91 Å². The van der Waals surface area contributed by atoms with Crippen LogP contribution in [0.5, 0.6) is 0 Å². The summed E-state index contributed by atoms with van der Waals surface area (Å²) in [6.07, 6.45) is 2.46. The van der Waals surface area contributed by atoms with Crippen molar-refractivity contribution in [2.45, 2.75) is 46.2 Å². The molecule has 7 heteroatoms. The van der Waals surface area contributed by atoms with Gasteiger partial charge in [0.25, 0.3) is 0 Å². The number of aromatic nitrogens is 3. The van der Waals surface area contributed by atoms with Gasteiger partial charge in [-0.1, -0.05) is 0 Å². The second kappa shape index (κ2) is 7.49. The molecule has 0 aromatic carbocycles. The summed E-state index contributed by atoms with van der Waals surface area (Å²) in [7, 11) is 0. The van der Waals surface area contributed by atoms with Gasteiger partial charge in [0.1, 0.15) is 11.0 Å². The zero-order valence-corrected chi connectivity index (χ0v) is 16.4. The molecule has 3 aromatic heterocycles. The minimum Gasteiger partial charge on any atom is -0.345 e. The van der Waals surface area contributed by atoms with E-state index in [4.69, 9.17) is 0 Å². The fourth-order valence-corrected chi connectivity index (χ4v) is 4.34. The first kappa shape index (κ1) is 17.8. The molecule has 3 heterocycles. The summed E-state index contributed by atoms with van der Waals surface area (Å²) in [6, 6.07) is 3.51. The van der Waals surface area contributed by atoms with Gasteiger partial charge in [0.05, 0.1) is 11.7 Å². The number of thiophene rings is 1. The van der Waals surface area contributed by atoms with Crippen molar-refractivity contribution in [3.05, 3.63) is 55.9 Å². The van der Waals surface area contributed by atoms with Gasteiger partial charge in [-0.15, -0.1) is 11.3 Å². The third-order valence-electron chi connectivity index (χ3n) is 4.29. The molecule has 1 N–H and O–H groups in total. The molecule has 2 atom stereocenters. The lowest BCUT2D eigenvalue weighted by Gasteiger charge is -2.20. The van der Waals surface area contributed by atoms with E-state index in [-0.39, 0.29) is 18.0 Å². The topological polar surface area (TPSA) is 59.8 Å². The molecule has 0 fully saturated rings. The van der Waals surface area contributed by atoms with Crippen LogP contribution in [0.25, 0.3) is 0 Å². The summed E-state index contributed by atoms with van der Waals surface area (Å²) in [4.78, 5) is 18.7. The molecular formula is C18H22N4OS2. The molecule has 132 valence electrons. The molecule has 5 nitrogen and oxygen atoms in total. The van der Waals surface area contributed by atoms with Crippen LogP contribution >= 0.6 is 22.7 Å². The van der Waals surface area contributed by atoms with E-state index < -0.39 is 0 Å². The van der Waals surface area contributed by atoms with E-state index in [0.29, 0.717) is 0 Å². The molecule has 0 saturated carbocycles. The Morgan fingerprint density at radius 1 is 1.32 bits per heavy atom. The average Bonchev–Trinajstić information content (AvgIpc) is 3.29. The number of aryl methyl sites for hydroxylation is 3.